The van der Waals surface area contributed by atoms with Gasteiger partial charge in [-0.2, -0.15) is 0 Å². The first kappa shape index (κ1) is 13.9. The summed E-state index contributed by atoms with van der Waals surface area (Å²) in [5, 5.41) is 3.59. The van der Waals surface area contributed by atoms with E-state index in [9.17, 15) is 4.79 Å². The summed E-state index contributed by atoms with van der Waals surface area (Å²) >= 11 is 7.76. The molecule has 22 heavy (non-hydrogen) atoms. The molecule has 4 rings (SSSR count). The average Bonchev–Trinajstić information content (AvgIpc) is 3.12. The molecule has 5 heteroatoms. The molecule has 1 atom stereocenters. The van der Waals surface area contributed by atoms with Crippen LogP contribution in [0.25, 0.3) is 11.0 Å². The fourth-order valence-electron chi connectivity index (χ4n) is 3.05. The van der Waals surface area contributed by atoms with Gasteiger partial charge in [0.2, 0.25) is 0 Å². The maximum absolute atomic E-state index is 12.8. The number of furan rings is 1. The molecule has 0 unspecified atom stereocenters. The van der Waals surface area contributed by atoms with Crippen molar-refractivity contribution in [3.05, 3.63) is 56.9 Å². The zero-order chi connectivity index (χ0) is 15.3. The van der Waals surface area contributed by atoms with Crippen LogP contribution < -0.4 is 0 Å². The zero-order valence-corrected chi connectivity index (χ0v) is 13.6. The third-order valence-electron chi connectivity index (χ3n) is 4.23. The number of halogens is 1. The van der Waals surface area contributed by atoms with Gasteiger partial charge < -0.3 is 9.32 Å². The normalized spacial score (nSPS) is 17.7. The molecule has 0 fully saturated rings. The van der Waals surface area contributed by atoms with Crippen LogP contribution in [0.4, 0.5) is 0 Å². The molecule has 0 radical (unpaired) electrons. The largest absolute Gasteiger partial charge is 0.451 e. The summed E-state index contributed by atoms with van der Waals surface area (Å²) in [5.41, 5.74) is 1.94. The summed E-state index contributed by atoms with van der Waals surface area (Å²) in [6, 6.07) is 9.35. The second-order valence-electron chi connectivity index (χ2n) is 5.52. The van der Waals surface area contributed by atoms with Gasteiger partial charge in [-0.3, -0.25) is 4.79 Å². The number of hydrogen-bond donors (Lipinski definition) is 0. The zero-order valence-electron chi connectivity index (χ0n) is 12.0. The summed E-state index contributed by atoms with van der Waals surface area (Å²) in [7, 11) is 0. The molecular formula is C17H14ClNO2S. The summed E-state index contributed by atoms with van der Waals surface area (Å²) < 4.78 is 5.71. The van der Waals surface area contributed by atoms with Crippen molar-refractivity contribution in [2.75, 3.05) is 6.54 Å². The van der Waals surface area contributed by atoms with E-state index in [1.165, 1.54) is 10.4 Å². The Kier molecular flexibility index (Phi) is 3.24. The van der Waals surface area contributed by atoms with E-state index in [-0.39, 0.29) is 11.9 Å². The summed E-state index contributed by atoms with van der Waals surface area (Å²) in [4.78, 5) is 16.1. The maximum Gasteiger partial charge on any atom is 0.290 e. The summed E-state index contributed by atoms with van der Waals surface area (Å²) in [6.07, 6.45) is 0.912. The number of amides is 1. The number of nitrogens with zero attached hydrogens (tertiary/aromatic N) is 1. The van der Waals surface area contributed by atoms with E-state index in [0.717, 1.165) is 18.4 Å². The quantitative estimate of drug-likeness (QED) is 0.635. The van der Waals surface area contributed by atoms with Crippen molar-refractivity contribution in [2.45, 2.75) is 19.4 Å². The number of hydrogen-bond acceptors (Lipinski definition) is 3. The van der Waals surface area contributed by atoms with E-state index in [4.69, 9.17) is 16.0 Å². The number of thiophene rings is 1. The van der Waals surface area contributed by atoms with Crippen LogP contribution in [-0.4, -0.2) is 17.4 Å². The summed E-state index contributed by atoms with van der Waals surface area (Å²) in [5.74, 6) is 0.319. The fraction of sp³-hybridized carbons (Fsp3) is 0.235. The first-order valence-electron chi connectivity index (χ1n) is 7.20. The third-order valence-corrected chi connectivity index (χ3v) is 5.46. The first-order valence-corrected chi connectivity index (χ1v) is 8.45. The van der Waals surface area contributed by atoms with Gasteiger partial charge in [0.15, 0.2) is 5.76 Å². The van der Waals surface area contributed by atoms with Crippen molar-refractivity contribution in [2.24, 2.45) is 0 Å². The van der Waals surface area contributed by atoms with Gasteiger partial charge >= 0.3 is 0 Å². The van der Waals surface area contributed by atoms with E-state index >= 15 is 0 Å². The third kappa shape index (κ3) is 2.14. The van der Waals surface area contributed by atoms with Crippen LogP contribution in [0.15, 0.2) is 40.1 Å². The molecule has 0 bridgehead atoms. The topological polar surface area (TPSA) is 33.5 Å². The molecule has 3 aromatic rings. The first-order chi connectivity index (χ1) is 10.6. The lowest BCUT2D eigenvalue weighted by Crippen LogP contribution is -2.38. The van der Waals surface area contributed by atoms with Crippen molar-refractivity contribution in [1.82, 2.24) is 4.90 Å². The molecule has 3 nitrogen and oxygen atoms in total. The summed E-state index contributed by atoms with van der Waals surface area (Å²) in [6.45, 7) is 2.80. The Balaban J connectivity index is 1.68. The lowest BCUT2D eigenvalue weighted by atomic mass is 10.0. The van der Waals surface area contributed by atoms with Gasteiger partial charge in [0.1, 0.15) is 5.58 Å². The van der Waals surface area contributed by atoms with Crippen LogP contribution in [0.2, 0.25) is 5.02 Å². The van der Waals surface area contributed by atoms with Gasteiger partial charge in [-0.15, -0.1) is 11.3 Å². The predicted octanol–water partition coefficient (Wildman–Crippen LogP) is 4.91. The van der Waals surface area contributed by atoms with Crippen LogP contribution in [0.1, 0.15) is 34.0 Å². The van der Waals surface area contributed by atoms with E-state index in [0.29, 0.717) is 16.4 Å². The standard InChI is InChI=1S/C17H14ClNO2S/c1-10-13-5-7-22-16(13)4-6-19(10)17(20)15-9-11-8-12(18)2-3-14(11)21-15/h2-3,5,7-10H,4,6H2,1H3/t10-/m0/s1. The monoisotopic (exact) mass is 331 g/mol. The van der Waals surface area contributed by atoms with E-state index < -0.39 is 0 Å². The minimum absolute atomic E-state index is 0.0586. The molecule has 3 heterocycles. The van der Waals surface area contributed by atoms with Gasteiger partial charge in [0.05, 0.1) is 6.04 Å². The van der Waals surface area contributed by atoms with Gasteiger partial charge in [0, 0.05) is 21.8 Å². The second kappa shape index (κ2) is 5.14. The van der Waals surface area contributed by atoms with E-state index in [1.54, 1.807) is 29.5 Å². The Morgan fingerprint density at radius 2 is 2.23 bits per heavy atom. The Labute approximate surface area is 137 Å². The number of carbonyl (C=O) groups excluding carboxylic acids is 1. The van der Waals surface area contributed by atoms with Gasteiger partial charge in [-0.1, -0.05) is 11.6 Å². The Hall–Kier alpha value is -1.78. The highest BCUT2D eigenvalue weighted by atomic mass is 35.5. The van der Waals surface area contributed by atoms with E-state index in [1.807, 2.05) is 11.0 Å². The lowest BCUT2D eigenvalue weighted by Gasteiger charge is -2.33. The number of rotatable bonds is 1. The highest BCUT2D eigenvalue weighted by molar-refractivity contribution is 7.10. The average molecular weight is 332 g/mol. The molecule has 0 aliphatic carbocycles. The molecule has 2 aromatic heterocycles. The molecule has 112 valence electrons. The van der Waals surface area contributed by atoms with Crippen LogP contribution in [0, 0.1) is 0 Å². The van der Waals surface area contributed by atoms with Gasteiger partial charge in [-0.05, 0) is 54.6 Å². The molecule has 0 spiro atoms. The maximum atomic E-state index is 12.8. The highest BCUT2D eigenvalue weighted by Crippen LogP contribution is 2.34. The van der Waals surface area contributed by atoms with Crippen LogP contribution in [0.3, 0.4) is 0 Å². The van der Waals surface area contributed by atoms with Crippen molar-refractivity contribution in [1.29, 1.82) is 0 Å². The molecular weight excluding hydrogens is 318 g/mol. The molecule has 1 aromatic carbocycles. The molecule has 1 aliphatic rings. The van der Waals surface area contributed by atoms with Crippen LogP contribution in [-0.2, 0) is 6.42 Å². The minimum atomic E-state index is -0.0586. The number of fused-ring (bicyclic) bond motifs is 2. The smallest absolute Gasteiger partial charge is 0.290 e. The van der Waals surface area contributed by atoms with E-state index in [2.05, 4.69) is 18.4 Å². The second-order valence-corrected chi connectivity index (χ2v) is 6.95. The minimum Gasteiger partial charge on any atom is -0.451 e. The molecule has 0 saturated carbocycles. The highest BCUT2D eigenvalue weighted by Gasteiger charge is 2.30. The van der Waals surface area contributed by atoms with Crippen molar-refractivity contribution >= 4 is 39.8 Å². The van der Waals surface area contributed by atoms with Crippen molar-refractivity contribution in [3.8, 4) is 0 Å². The Morgan fingerprint density at radius 1 is 1.36 bits per heavy atom. The van der Waals surface area contributed by atoms with Gasteiger partial charge in [0.25, 0.3) is 5.91 Å². The van der Waals surface area contributed by atoms with Crippen LogP contribution >= 0.6 is 22.9 Å². The van der Waals surface area contributed by atoms with Gasteiger partial charge in [-0.25, -0.2) is 0 Å². The van der Waals surface area contributed by atoms with Crippen LogP contribution in [0.5, 0.6) is 0 Å². The SMILES string of the molecule is C[C@H]1c2ccsc2CCN1C(=O)c1cc2cc(Cl)ccc2o1. The fourth-order valence-corrected chi connectivity index (χ4v) is 4.19. The number of benzene rings is 1. The predicted molar refractivity (Wildman–Crippen MR) is 88.7 cm³/mol. The number of carbonyl (C=O) groups is 1. The molecule has 0 N–H and O–H groups in total. The lowest BCUT2D eigenvalue weighted by molar-refractivity contribution is 0.0649. The Morgan fingerprint density at radius 3 is 3.09 bits per heavy atom. The molecule has 0 saturated heterocycles. The van der Waals surface area contributed by atoms with Crippen molar-refractivity contribution < 1.29 is 9.21 Å². The van der Waals surface area contributed by atoms with Crippen molar-refractivity contribution in [3.63, 3.8) is 0 Å². The molecule has 1 aliphatic heterocycles. The Bertz CT molecular complexity index is 867. The molecule has 1 amide bonds.